The van der Waals surface area contributed by atoms with Crippen LogP contribution in [0.4, 0.5) is 4.39 Å². The maximum atomic E-state index is 12.9. The van der Waals surface area contributed by atoms with Crippen LogP contribution in [-0.4, -0.2) is 60.1 Å². The van der Waals surface area contributed by atoms with Crippen LogP contribution in [0.15, 0.2) is 29.2 Å². The molecule has 11 heteroatoms. The van der Waals surface area contributed by atoms with Crippen molar-refractivity contribution in [3.05, 3.63) is 30.1 Å². The second kappa shape index (κ2) is 9.09. The van der Waals surface area contributed by atoms with Crippen molar-refractivity contribution in [3.63, 3.8) is 0 Å². The van der Waals surface area contributed by atoms with Crippen molar-refractivity contribution in [2.24, 2.45) is 5.92 Å². The SMILES string of the molecule is CS(=O)(=O)NCC1CCCN(C(=O)CCNS(=O)(=O)c2ccc(F)cc2)C1. The number of hydrogen-bond donors (Lipinski definition) is 2. The smallest absolute Gasteiger partial charge is 0.240 e. The summed E-state index contributed by atoms with van der Waals surface area (Å²) in [5.41, 5.74) is 0. The molecule has 0 bridgehead atoms. The van der Waals surface area contributed by atoms with Gasteiger partial charge in [0.15, 0.2) is 0 Å². The number of likely N-dealkylation sites (tertiary alicyclic amines) is 1. The number of hydrogen-bond acceptors (Lipinski definition) is 5. The fourth-order valence-electron chi connectivity index (χ4n) is 2.87. The number of halogens is 1. The molecule has 0 aromatic heterocycles. The molecule has 152 valence electrons. The van der Waals surface area contributed by atoms with Gasteiger partial charge in [0, 0.05) is 32.6 Å². The molecular formula is C16H24FN3O5S2. The molecule has 1 saturated heterocycles. The number of sulfonamides is 2. The molecule has 0 aliphatic carbocycles. The number of carbonyl (C=O) groups is 1. The minimum absolute atomic E-state index is 0.00729. The molecule has 1 fully saturated rings. The van der Waals surface area contributed by atoms with E-state index in [0.717, 1.165) is 43.4 Å². The fourth-order valence-corrected chi connectivity index (χ4v) is 4.45. The molecule has 1 aromatic rings. The van der Waals surface area contributed by atoms with E-state index in [2.05, 4.69) is 9.44 Å². The highest BCUT2D eigenvalue weighted by molar-refractivity contribution is 7.89. The normalized spacial score (nSPS) is 18.4. The lowest BCUT2D eigenvalue weighted by Crippen LogP contribution is -2.44. The predicted octanol–water partition coefficient (Wildman–Crippen LogP) is 0.282. The molecule has 2 N–H and O–H groups in total. The monoisotopic (exact) mass is 421 g/mol. The highest BCUT2D eigenvalue weighted by atomic mass is 32.2. The average molecular weight is 422 g/mol. The second-order valence-corrected chi connectivity index (χ2v) is 10.2. The Labute approximate surface area is 159 Å². The van der Waals surface area contributed by atoms with Crippen LogP contribution < -0.4 is 9.44 Å². The summed E-state index contributed by atoms with van der Waals surface area (Å²) in [6, 6.07) is 4.42. The Morgan fingerprint density at radius 3 is 2.48 bits per heavy atom. The van der Waals surface area contributed by atoms with Crippen molar-refractivity contribution in [3.8, 4) is 0 Å². The molecule has 1 amide bonds. The van der Waals surface area contributed by atoms with Crippen molar-refractivity contribution in [2.45, 2.75) is 24.2 Å². The third-order valence-electron chi connectivity index (χ3n) is 4.26. The summed E-state index contributed by atoms with van der Waals surface area (Å²) in [6.45, 7) is 1.21. The minimum Gasteiger partial charge on any atom is -0.342 e. The van der Waals surface area contributed by atoms with Crippen LogP contribution in [-0.2, 0) is 24.8 Å². The van der Waals surface area contributed by atoms with E-state index in [9.17, 15) is 26.0 Å². The predicted molar refractivity (Wildman–Crippen MR) is 98.4 cm³/mol. The zero-order chi connectivity index (χ0) is 20.1. The van der Waals surface area contributed by atoms with Crippen LogP contribution >= 0.6 is 0 Å². The zero-order valence-electron chi connectivity index (χ0n) is 15.0. The molecule has 1 aliphatic heterocycles. The quantitative estimate of drug-likeness (QED) is 0.626. The first kappa shape index (κ1) is 21.7. The zero-order valence-corrected chi connectivity index (χ0v) is 16.7. The first-order valence-corrected chi connectivity index (χ1v) is 11.9. The van der Waals surface area contributed by atoms with Gasteiger partial charge in [0.1, 0.15) is 5.82 Å². The summed E-state index contributed by atoms with van der Waals surface area (Å²) in [5.74, 6) is -0.691. The molecule has 1 aromatic carbocycles. The lowest BCUT2D eigenvalue weighted by Gasteiger charge is -2.32. The Kier molecular flexibility index (Phi) is 7.32. The third-order valence-corrected chi connectivity index (χ3v) is 6.43. The Morgan fingerprint density at radius 1 is 1.19 bits per heavy atom. The largest absolute Gasteiger partial charge is 0.342 e. The number of carbonyl (C=O) groups excluding carboxylic acids is 1. The number of rotatable bonds is 8. The van der Waals surface area contributed by atoms with Crippen molar-refractivity contribution in [1.82, 2.24) is 14.3 Å². The van der Waals surface area contributed by atoms with E-state index in [-0.39, 0.29) is 36.2 Å². The van der Waals surface area contributed by atoms with Gasteiger partial charge in [0.2, 0.25) is 26.0 Å². The number of nitrogens with zero attached hydrogens (tertiary/aromatic N) is 1. The van der Waals surface area contributed by atoms with Gasteiger partial charge in [0.05, 0.1) is 11.2 Å². The average Bonchev–Trinajstić information content (AvgIpc) is 2.60. The third kappa shape index (κ3) is 7.17. The Hall–Kier alpha value is -1.56. The van der Waals surface area contributed by atoms with E-state index in [1.54, 1.807) is 4.90 Å². The molecule has 27 heavy (non-hydrogen) atoms. The van der Waals surface area contributed by atoms with Crippen molar-refractivity contribution >= 4 is 26.0 Å². The summed E-state index contributed by atoms with van der Waals surface area (Å²) in [5, 5.41) is 0. The standard InChI is InChI=1S/C16H24FN3O5S2/c1-26(22,23)19-11-13-3-2-10-20(12-13)16(21)8-9-18-27(24,25)15-6-4-14(17)5-7-15/h4-7,13,18-19H,2-3,8-12H2,1H3. The summed E-state index contributed by atoms with van der Waals surface area (Å²) in [4.78, 5) is 13.9. The van der Waals surface area contributed by atoms with Crippen LogP contribution in [0.25, 0.3) is 0 Å². The number of amides is 1. The van der Waals surface area contributed by atoms with Crippen LogP contribution in [0.1, 0.15) is 19.3 Å². The lowest BCUT2D eigenvalue weighted by molar-refractivity contribution is -0.132. The summed E-state index contributed by atoms with van der Waals surface area (Å²) in [6.07, 6.45) is 2.67. The van der Waals surface area contributed by atoms with Gasteiger partial charge < -0.3 is 4.90 Å². The van der Waals surface area contributed by atoms with Gasteiger partial charge in [-0.05, 0) is 43.0 Å². The Morgan fingerprint density at radius 2 is 1.85 bits per heavy atom. The van der Waals surface area contributed by atoms with Gasteiger partial charge in [-0.15, -0.1) is 0 Å². The van der Waals surface area contributed by atoms with E-state index in [1.807, 2.05) is 0 Å². The molecule has 1 unspecified atom stereocenters. The lowest BCUT2D eigenvalue weighted by atomic mass is 9.98. The maximum absolute atomic E-state index is 12.9. The molecule has 0 spiro atoms. The molecule has 0 radical (unpaired) electrons. The van der Waals surface area contributed by atoms with E-state index in [1.165, 1.54) is 0 Å². The highest BCUT2D eigenvalue weighted by Crippen LogP contribution is 2.17. The van der Waals surface area contributed by atoms with Crippen LogP contribution in [0.2, 0.25) is 0 Å². The van der Waals surface area contributed by atoms with Crippen molar-refractivity contribution < 1.29 is 26.0 Å². The summed E-state index contributed by atoms with van der Waals surface area (Å²) >= 11 is 0. The van der Waals surface area contributed by atoms with Gasteiger partial charge in [-0.1, -0.05) is 0 Å². The molecular weight excluding hydrogens is 397 g/mol. The van der Waals surface area contributed by atoms with Crippen LogP contribution in [0, 0.1) is 11.7 Å². The second-order valence-electron chi connectivity index (χ2n) is 6.57. The summed E-state index contributed by atoms with van der Waals surface area (Å²) < 4.78 is 64.3. The van der Waals surface area contributed by atoms with Gasteiger partial charge in [-0.25, -0.2) is 30.7 Å². The van der Waals surface area contributed by atoms with E-state index in [4.69, 9.17) is 0 Å². The van der Waals surface area contributed by atoms with Crippen molar-refractivity contribution in [1.29, 1.82) is 0 Å². The molecule has 1 atom stereocenters. The Balaban J connectivity index is 1.81. The van der Waals surface area contributed by atoms with Crippen molar-refractivity contribution in [2.75, 3.05) is 32.4 Å². The first-order valence-electron chi connectivity index (χ1n) is 8.54. The number of benzene rings is 1. The first-order chi connectivity index (χ1) is 12.6. The number of nitrogens with one attached hydrogen (secondary N) is 2. The molecule has 8 nitrogen and oxygen atoms in total. The minimum atomic E-state index is -3.80. The van der Waals surface area contributed by atoms with Gasteiger partial charge in [-0.3, -0.25) is 4.79 Å². The molecule has 0 saturated carbocycles. The highest BCUT2D eigenvalue weighted by Gasteiger charge is 2.24. The maximum Gasteiger partial charge on any atom is 0.240 e. The van der Waals surface area contributed by atoms with Gasteiger partial charge in [-0.2, -0.15) is 0 Å². The fraction of sp³-hybridized carbons (Fsp3) is 0.562. The Bertz CT molecular complexity index is 857. The number of piperidine rings is 1. The summed E-state index contributed by atoms with van der Waals surface area (Å²) in [7, 11) is -7.08. The van der Waals surface area contributed by atoms with Crippen LogP contribution in [0.3, 0.4) is 0 Å². The molecule has 2 rings (SSSR count). The molecule has 1 aliphatic rings. The van der Waals surface area contributed by atoms with Gasteiger partial charge >= 0.3 is 0 Å². The van der Waals surface area contributed by atoms with Crippen LogP contribution in [0.5, 0.6) is 0 Å². The van der Waals surface area contributed by atoms with E-state index in [0.29, 0.717) is 13.1 Å². The molecule has 1 heterocycles. The van der Waals surface area contributed by atoms with E-state index < -0.39 is 25.9 Å². The topological polar surface area (TPSA) is 113 Å². The van der Waals surface area contributed by atoms with Gasteiger partial charge in [0.25, 0.3) is 0 Å². The van der Waals surface area contributed by atoms with E-state index >= 15 is 0 Å².